The molecule has 0 aliphatic heterocycles. The standard InChI is InChI=1S/C10H22N2O2/c1-10(2,3)12-8-7-11-6-4-5-9(13)14/h11-12H,4-8H2,1-3H3,(H,13,14). The van der Waals surface area contributed by atoms with E-state index in [0.717, 1.165) is 19.6 Å². The Morgan fingerprint density at radius 3 is 2.36 bits per heavy atom. The van der Waals surface area contributed by atoms with E-state index in [1.165, 1.54) is 0 Å². The van der Waals surface area contributed by atoms with Gasteiger partial charge in [0, 0.05) is 25.0 Å². The molecule has 4 nitrogen and oxygen atoms in total. The number of carboxylic acids is 1. The molecule has 0 fully saturated rings. The van der Waals surface area contributed by atoms with Crippen LogP contribution in [0.2, 0.25) is 0 Å². The predicted octanol–water partition coefficient (Wildman–Crippen LogP) is 0.829. The molecule has 0 saturated heterocycles. The van der Waals surface area contributed by atoms with E-state index >= 15 is 0 Å². The van der Waals surface area contributed by atoms with Gasteiger partial charge >= 0.3 is 5.97 Å². The minimum absolute atomic E-state index is 0.156. The van der Waals surface area contributed by atoms with E-state index in [1.807, 2.05) is 0 Å². The molecule has 14 heavy (non-hydrogen) atoms. The lowest BCUT2D eigenvalue weighted by atomic mass is 10.1. The quantitative estimate of drug-likeness (QED) is 0.535. The minimum Gasteiger partial charge on any atom is -0.481 e. The SMILES string of the molecule is CC(C)(C)NCCNCCCC(=O)O. The van der Waals surface area contributed by atoms with Gasteiger partial charge in [-0.3, -0.25) is 4.79 Å². The van der Waals surface area contributed by atoms with Crippen LogP contribution in [0.25, 0.3) is 0 Å². The third-order valence-electron chi connectivity index (χ3n) is 1.70. The highest BCUT2D eigenvalue weighted by Gasteiger charge is 2.06. The van der Waals surface area contributed by atoms with Gasteiger partial charge in [0.05, 0.1) is 0 Å². The van der Waals surface area contributed by atoms with Gasteiger partial charge in [-0.2, -0.15) is 0 Å². The van der Waals surface area contributed by atoms with Crippen molar-refractivity contribution < 1.29 is 9.90 Å². The highest BCUT2D eigenvalue weighted by atomic mass is 16.4. The Balaban J connectivity index is 3.11. The monoisotopic (exact) mass is 202 g/mol. The Bertz CT molecular complexity index is 164. The second kappa shape index (κ2) is 6.79. The summed E-state index contributed by atoms with van der Waals surface area (Å²) in [5, 5.41) is 14.9. The summed E-state index contributed by atoms with van der Waals surface area (Å²) in [4.78, 5) is 10.2. The molecule has 0 aromatic rings. The van der Waals surface area contributed by atoms with Gasteiger partial charge < -0.3 is 15.7 Å². The first-order valence-corrected chi connectivity index (χ1v) is 5.09. The Labute approximate surface area is 86.1 Å². The molecule has 3 N–H and O–H groups in total. The Kier molecular flexibility index (Phi) is 6.49. The van der Waals surface area contributed by atoms with Crippen molar-refractivity contribution >= 4 is 5.97 Å². The Morgan fingerprint density at radius 1 is 1.21 bits per heavy atom. The van der Waals surface area contributed by atoms with Crippen molar-refractivity contribution in [3.05, 3.63) is 0 Å². The number of nitrogens with one attached hydrogen (secondary N) is 2. The maximum absolute atomic E-state index is 10.2. The van der Waals surface area contributed by atoms with Gasteiger partial charge in [-0.15, -0.1) is 0 Å². The first kappa shape index (κ1) is 13.4. The van der Waals surface area contributed by atoms with Crippen LogP contribution in [0.5, 0.6) is 0 Å². The molecule has 0 spiro atoms. The molecule has 0 radical (unpaired) electrons. The molecule has 0 heterocycles. The second-order valence-electron chi connectivity index (χ2n) is 4.42. The van der Waals surface area contributed by atoms with Gasteiger partial charge in [-0.25, -0.2) is 0 Å². The summed E-state index contributed by atoms with van der Waals surface area (Å²) in [6.07, 6.45) is 0.949. The van der Waals surface area contributed by atoms with Crippen LogP contribution in [-0.4, -0.2) is 36.2 Å². The van der Waals surface area contributed by atoms with Crippen LogP contribution in [0.3, 0.4) is 0 Å². The predicted molar refractivity (Wildman–Crippen MR) is 57.5 cm³/mol. The van der Waals surface area contributed by atoms with Gasteiger partial charge in [-0.1, -0.05) is 0 Å². The molecular formula is C10H22N2O2. The summed E-state index contributed by atoms with van der Waals surface area (Å²) in [7, 11) is 0. The van der Waals surface area contributed by atoms with Gasteiger partial charge in [-0.05, 0) is 33.7 Å². The zero-order valence-electron chi connectivity index (χ0n) is 9.39. The van der Waals surface area contributed by atoms with Crippen LogP contribution in [0, 0.1) is 0 Å². The number of hydrogen-bond acceptors (Lipinski definition) is 3. The largest absolute Gasteiger partial charge is 0.481 e. The van der Waals surface area contributed by atoms with Gasteiger partial charge in [0.25, 0.3) is 0 Å². The fourth-order valence-electron chi connectivity index (χ4n) is 1.02. The maximum atomic E-state index is 10.2. The fourth-order valence-corrected chi connectivity index (χ4v) is 1.02. The van der Waals surface area contributed by atoms with Gasteiger partial charge in [0.2, 0.25) is 0 Å². The van der Waals surface area contributed by atoms with E-state index in [9.17, 15) is 4.79 Å². The summed E-state index contributed by atoms with van der Waals surface area (Å²) < 4.78 is 0. The van der Waals surface area contributed by atoms with Crippen LogP contribution >= 0.6 is 0 Å². The maximum Gasteiger partial charge on any atom is 0.303 e. The van der Waals surface area contributed by atoms with Crippen LogP contribution < -0.4 is 10.6 Å². The van der Waals surface area contributed by atoms with E-state index in [-0.39, 0.29) is 12.0 Å². The Hall–Kier alpha value is -0.610. The number of rotatable bonds is 7. The molecule has 0 saturated carbocycles. The molecule has 0 unspecified atom stereocenters. The lowest BCUT2D eigenvalue weighted by Crippen LogP contribution is -2.40. The van der Waals surface area contributed by atoms with E-state index in [2.05, 4.69) is 31.4 Å². The molecule has 0 rings (SSSR count). The van der Waals surface area contributed by atoms with Crippen molar-refractivity contribution in [3.8, 4) is 0 Å². The molecule has 0 aliphatic rings. The summed E-state index contributed by atoms with van der Waals surface area (Å²) in [6.45, 7) is 8.94. The van der Waals surface area contributed by atoms with E-state index < -0.39 is 5.97 Å². The van der Waals surface area contributed by atoms with Crippen LogP contribution in [-0.2, 0) is 4.79 Å². The fraction of sp³-hybridized carbons (Fsp3) is 0.900. The first-order chi connectivity index (χ1) is 6.42. The highest BCUT2D eigenvalue weighted by Crippen LogP contribution is 1.96. The van der Waals surface area contributed by atoms with Gasteiger partial charge in [0.1, 0.15) is 0 Å². The average molecular weight is 202 g/mol. The van der Waals surface area contributed by atoms with Crippen molar-refractivity contribution in [3.63, 3.8) is 0 Å². The molecule has 0 aromatic heterocycles. The van der Waals surface area contributed by atoms with Crippen molar-refractivity contribution in [2.45, 2.75) is 39.2 Å². The number of aliphatic carboxylic acids is 1. The van der Waals surface area contributed by atoms with Crippen LogP contribution in [0.15, 0.2) is 0 Å². The molecule has 0 bridgehead atoms. The van der Waals surface area contributed by atoms with E-state index in [1.54, 1.807) is 0 Å². The third-order valence-corrected chi connectivity index (χ3v) is 1.70. The number of carboxylic acid groups (broad SMARTS) is 1. The molecule has 84 valence electrons. The molecule has 0 atom stereocenters. The third kappa shape index (κ3) is 11.4. The van der Waals surface area contributed by atoms with E-state index in [4.69, 9.17) is 5.11 Å². The summed E-state index contributed by atoms with van der Waals surface area (Å²) in [5.74, 6) is -0.723. The average Bonchev–Trinajstić information content (AvgIpc) is 2.00. The number of hydrogen-bond donors (Lipinski definition) is 3. The van der Waals surface area contributed by atoms with Crippen molar-refractivity contribution in [1.82, 2.24) is 10.6 Å². The highest BCUT2D eigenvalue weighted by molar-refractivity contribution is 5.66. The normalized spacial score (nSPS) is 11.6. The molecule has 4 heteroatoms. The lowest BCUT2D eigenvalue weighted by Gasteiger charge is -2.20. The smallest absolute Gasteiger partial charge is 0.303 e. The minimum atomic E-state index is -0.723. The molecule has 0 amide bonds. The van der Waals surface area contributed by atoms with Crippen molar-refractivity contribution in [2.75, 3.05) is 19.6 Å². The van der Waals surface area contributed by atoms with Gasteiger partial charge in [0.15, 0.2) is 0 Å². The number of carbonyl (C=O) groups is 1. The zero-order valence-corrected chi connectivity index (χ0v) is 9.39. The lowest BCUT2D eigenvalue weighted by molar-refractivity contribution is -0.137. The molecule has 0 aromatic carbocycles. The Morgan fingerprint density at radius 2 is 1.86 bits per heavy atom. The topological polar surface area (TPSA) is 61.4 Å². The van der Waals surface area contributed by atoms with E-state index in [0.29, 0.717) is 6.42 Å². The zero-order chi connectivity index (χ0) is 11.0. The van der Waals surface area contributed by atoms with Crippen molar-refractivity contribution in [2.24, 2.45) is 0 Å². The first-order valence-electron chi connectivity index (χ1n) is 5.09. The van der Waals surface area contributed by atoms with Crippen molar-refractivity contribution in [1.29, 1.82) is 0 Å². The summed E-state index contributed by atoms with van der Waals surface area (Å²) >= 11 is 0. The molecule has 0 aliphatic carbocycles. The molecular weight excluding hydrogens is 180 g/mol. The second-order valence-corrected chi connectivity index (χ2v) is 4.42. The summed E-state index contributed by atoms with van der Waals surface area (Å²) in [5.41, 5.74) is 0.156. The van der Waals surface area contributed by atoms with Crippen LogP contribution in [0.1, 0.15) is 33.6 Å². The summed E-state index contributed by atoms with van der Waals surface area (Å²) in [6, 6.07) is 0. The van der Waals surface area contributed by atoms with Crippen LogP contribution in [0.4, 0.5) is 0 Å².